The second-order valence-corrected chi connectivity index (χ2v) is 7.22. The van der Waals surface area contributed by atoms with Crippen molar-refractivity contribution >= 4 is 29.2 Å². The summed E-state index contributed by atoms with van der Waals surface area (Å²) in [7, 11) is 4.50. The molecular formula is C23H22N6O4. The zero-order valence-corrected chi connectivity index (χ0v) is 18.6. The Kier molecular flexibility index (Phi) is 5.90. The minimum absolute atomic E-state index is 0.198. The van der Waals surface area contributed by atoms with Gasteiger partial charge in [0.1, 0.15) is 11.5 Å². The third kappa shape index (κ3) is 4.31. The maximum atomic E-state index is 13.1. The normalized spacial score (nSPS) is 10.7. The van der Waals surface area contributed by atoms with E-state index in [9.17, 15) is 9.59 Å². The Morgan fingerprint density at radius 2 is 1.88 bits per heavy atom. The van der Waals surface area contributed by atoms with Crippen LogP contribution in [0.3, 0.4) is 0 Å². The van der Waals surface area contributed by atoms with Crippen molar-refractivity contribution in [3.05, 3.63) is 66.2 Å². The lowest BCUT2D eigenvalue weighted by Crippen LogP contribution is -2.26. The van der Waals surface area contributed by atoms with E-state index in [0.29, 0.717) is 22.9 Å². The Bertz CT molecular complexity index is 1330. The van der Waals surface area contributed by atoms with Crippen molar-refractivity contribution in [3.8, 4) is 17.1 Å². The predicted octanol–water partition coefficient (Wildman–Crippen LogP) is 3.56. The van der Waals surface area contributed by atoms with Gasteiger partial charge >= 0.3 is 6.09 Å². The molecule has 0 fully saturated rings. The first-order chi connectivity index (χ1) is 15.9. The molecule has 4 rings (SSSR count). The van der Waals surface area contributed by atoms with Crippen LogP contribution in [0.1, 0.15) is 15.9 Å². The van der Waals surface area contributed by atoms with Gasteiger partial charge in [-0.3, -0.25) is 14.5 Å². The average molecular weight is 446 g/mol. The summed E-state index contributed by atoms with van der Waals surface area (Å²) >= 11 is 0. The maximum absolute atomic E-state index is 13.1. The molecule has 0 spiro atoms. The highest BCUT2D eigenvalue weighted by Gasteiger charge is 2.18. The fraction of sp³-hybridized carbons (Fsp3) is 0.174. The summed E-state index contributed by atoms with van der Waals surface area (Å²) in [6.07, 6.45) is 6.17. The number of amides is 2. The SMILES string of the molecule is COC(=O)Nc1ccc(-c2cnc3c(C)cc(N(C)C(=O)c4ccnc(OC)c4)cn23)cn1. The molecule has 1 N–H and O–H groups in total. The molecule has 4 heterocycles. The molecule has 0 aromatic carbocycles. The highest BCUT2D eigenvalue weighted by Crippen LogP contribution is 2.27. The van der Waals surface area contributed by atoms with Crippen molar-refractivity contribution < 1.29 is 19.1 Å². The lowest BCUT2D eigenvalue weighted by molar-refractivity contribution is 0.0992. The lowest BCUT2D eigenvalue weighted by atomic mass is 10.2. The van der Waals surface area contributed by atoms with Gasteiger partial charge in [-0.2, -0.15) is 0 Å². The third-order valence-electron chi connectivity index (χ3n) is 5.13. The number of anilines is 2. The molecule has 4 aromatic rings. The number of rotatable bonds is 5. The van der Waals surface area contributed by atoms with Crippen LogP contribution in [0.2, 0.25) is 0 Å². The number of imidazole rings is 1. The Labute approximate surface area is 189 Å². The molecule has 0 atom stereocenters. The molecule has 0 saturated carbocycles. The second kappa shape index (κ2) is 8.95. The zero-order valence-electron chi connectivity index (χ0n) is 18.6. The summed E-state index contributed by atoms with van der Waals surface area (Å²) in [5.41, 5.74) is 4.41. The van der Waals surface area contributed by atoms with Crippen molar-refractivity contribution in [1.82, 2.24) is 19.4 Å². The van der Waals surface area contributed by atoms with Gasteiger partial charge < -0.3 is 14.4 Å². The molecule has 10 nitrogen and oxygen atoms in total. The Balaban J connectivity index is 1.68. The number of fused-ring (bicyclic) bond motifs is 1. The Morgan fingerprint density at radius 3 is 2.58 bits per heavy atom. The van der Waals surface area contributed by atoms with E-state index in [4.69, 9.17) is 4.74 Å². The van der Waals surface area contributed by atoms with E-state index in [-0.39, 0.29) is 5.91 Å². The van der Waals surface area contributed by atoms with Crippen molar-refractivity contribution in [3.63, 3.8) is 0 Å². The van der Waals surface area contributed by atoms with E-state index >= 15 is 0 Å². The van der Waals surface area contributed by atoms with E-state index in [1.807, 2.05) is 29.7 Å². The minimum atomic E-state index is -0.593. The molecule has 2 amide bonds. The Morgan fingerprint density at radius 1 is 1.06 bits per heavy atom. The topological polar surface area (TPSA) is 111 Å². The molecule has 0 bridgehead atoms. The number of nitrogens with zero attached hydrogens (tertiary/aromatic N) is 5. The lowest BCUT2D eigenvalue weighted by Gasteiger charge is -2.19. The monoisotopic (exact) mass is 446 g/mol. The van der Waals surface area contributed by atoms with Gasteiger partial charge in [-0.25, -0.2) is 19.7 Å². The van der Waals surface area contributed by atoms with Crippen LogP contribution < -0.4 is 15.0 Å². The number of pyridine rings is 3. The Hall–Kier alpha value is -4.47. The molecule has 0 radical (unpaired) electrons. The van der Waals surface area contributed by atoms with Crippen molar-refractivity contribution in [1.29, 1.82) is 0 Å². The van der Waals surface area contributed by atoms with E-state index in [0.717, 1.165) is 22.5 Å². The first-order valence-corrected chi connectivity index (χ1v) is 9.98. The van der Waals surface area contributed by atoms with Crippen LogP contribution in [-0.2, 0) is 4.74 Å². The van der Waals surface area contributed by atoms with E-state index in [2.05, 4.69) is 25.0 Å². The number of methoxy groups -OCH3 is 2. The van der Waals surface area contributed by atoms with Gasteiger partial charge in [0, 0.05) is 42.8 Å². The second-order valence-electron chi connectivity index (χ2n) is 7.22. The number of nitrogens with one attached hydrogen (secondary N) is 1. The molecule has 0 unspecified atom stereocenters. The molecule has 10 heteroatoms. The van der Waals surface area contributed by atoms with Gasteiger partial charge in [-0.15, -0.1) is 0 Å². The van der Waals surface area contributed by atoms with E-state index < -0.39 is 6.09 Å². The number of hydrogen-bond acceptors (Lipinski definition) is 7. The fourth-order valence-electron chi connectivity index (χ4n) is 3.38. The fourth-order valence-corrected chi connectivity index (χ4v) is 3.38. The van der Waals surface area contributed by atoms with Gasteiger partial charge in [0.25, 0.3) is 5.91 Å². The van der Waals surface area contributed by atoms with Crippen LogP contribution in [-0.4, -0.2) is 52.6 Å². The summed E-state index contributed by atoms with van der Waals surface area (Å²) in [5, 5.41) is 2.52. The first kappa shape index (κ1) is 21.8. The molecule has 0 aliphatic rings. The van der Waals surface area contributed by atoms with E-state index in [1.54, 1.807) is 42.5 Å². The third-order valence-corrected chi connectivity index (χ3v) is 5.13. The van der Waals surface area contributed by atoms with E-state index in [1.165, 1.54) is 20.4 Å². The largest absolute Gasteiger partial charge is 0.481 e. The molecule has 0 aliphatic heterocycles. The summed E-state index contributed by atoms with van der Waals surface area (Å²) < 4.78 is 11.6. The van der Waals surface area contributed by atoms with Gasteiger partial charge in [-0.1, -0.05) is 0 Å². The summed E-state index contributed by atoms with van der Waals surface area (Å²) in [6.45, 7) is 1.94. The van der Waals surface area contributed by atoms with Crippen LogP contribution in [0.4, 0.5) is 16.3 Å². The highest BCUT2D eigenvalue weighted by atomic mass is 16.5. The standard InChI is InChI=1S/C23H22N6O4/c1-14-9-17(28(2)22(30)15-7-8-24-20(10-15)32-3)13-29-18(12-26-21(14)29)16-5-6-19(25-11-16)27-23(31)33-4/h5-13H,1-4H3,(H,25,27,31). The van der Waals surface area contributed by atoms with Gasteiger partial charge in [0.05, 0.1) is 31.8 Å². The van der Waals surface area contributed by atoms with Crippen LogP contribution in [0, 0.1) is 6.92 Å². The minimum Gasteiger partial charge on any atom is -0.481 e. The van der Waals surface area contributed by atoms with Gasteiger partial charge in [0.15, 0.2) is 0 Å². The number of hydrogen-bond donors (Lipinski definition) is 1. The number of carbonyl (C=O) groups excluding carboxylic acids is 2. The first-order valence-electron chi connectivity index (χ1n) is 9.98. The quantitative estimate of drug-likeness (QED) is 0.499. The molecule has 168 valence electrons. The van der Waals surface area contributed by atoms with Crippen molar-refractivity contribution in [2.45, 2.75) is 6.92 Å². The van der Waals surface area contributed by atoms with Crippen LogP contribution in [0.25, 0.3) is 16.9 Å². The molecule has 0 saturated heterocycles. The van der Waals surface area contributed by atoms with Crippen LogP contribution in [0.15, 0.2) is 55.1 Å². The van der Waals surface area contributed by atoms with Crippen LogP contribution in [0.5, 0.6) is 5.88 Å². The number of ether oxygens (including phenoxy) is 2. The number of aryl methyl sites for hydroxylation is 1. The molecule has 0 aliphatic carbocycles. The van der Waals surface area contributed by atoms with Crippen LogP contribution >= 0.6 is 0 Å². The molecule has 33 heavy (non-hydrogen) atoms. The van der Waals surface area contributed by atoms with Crippen molar-refractivity contribution in [2.75, 3.05) is 31.5 Å². The number of aromatic nitrogens is 4. The van der Waals surface area contributed by atoms with Gasteiger partial charge in [-0.05, 0) is 36.8 Å². The maximum Gasteiger partial charge on any atom is 0.412 e. The summed E-state index contributed by atoms with van der Waals surface area (Å²) in [4.78, 5) is 38.8. The van der Waals surface area contributed by atoms with Crippen molar-refractivity contribution in [2.24, 2.45) is 0 Å². The summed E-state index contributed by atoms with van der Waals surface area (Å²) in [5.74, 6) is 0.542. The molecule has 4 aromatic heterocycles. The average Bonchev–Trinajstić information content (AvgIpc) is 3.28. The molecular weight excluding hydrogens is 424 g/mol. The number of carbonyl (C=O) groups is 2. The highest BCUT2D eigenvalue weighted by molar-refractivity contribution is 6.06. The zero-order chi connectivity index (χ0) is 23.5. The smallest absolute Gasteiger partial charge is 0.412 e. The summed E-state index contributed by atoms with van der Waals surface area (Å²) in [6, 6.07) is 8.65. The van der Waals surface area contributed by atoms with Gasteiger partial charge in [0.2, 0.25) is 5.88 Å². The predicted molar refractivity (Wildman–Crippen MR) is 123 cm³/mol.